The highest BCUT2D eigenvalue weighted by molar-refractivity contribution is 5.54. The van der Waals surface area contributed by atoms with Crippen LogP contribution in [-0.2, 0) is 19.8 Å². The van der Waals surface area contributed by atoms with Gasteiger partial charge in [0.2, 0.25) is 5.75 Å². The first-order chi connectivity index (χ1) is 12.8. The Hall–Kier alpha value is -2.98. The summed E-state index contributed by atoms with van der Waals surface area (Å²) in [6.45, 7) is 0.710. The van der Waals surface area contributed by atoms with E-state index < -0.39 is 0 Å². The van der Waals surface area contributed by atoms with Crippen LogP contribution in [0.3, 0.4) is 0 Å². The first-order valence-corrected chi connectivity index (χ1v) is 8.45. The van der Waals surface area contributed by atoms with E-state index in [9.17, 15) is 5.11 Å². The van der Waals surface area contributed by atoms with Gasteiger partial charge in [-0.25, -0.2) is 0 Å². The number of ether oxygens (including phenoxy) is 3. The number of hydrogen-bond acceptors (Lipinski definition) is 4. The lowest BCUT2D eigenvalue weighted by molar-refractivity contribution is 0.251. The molecule has 3 rings (SSSR count). The Balaban J connectivity index is 1.81. The van der Waals surface area contributed by atoms with Gasteiger partial charge in [-0.05, 0) is 28.8 Å². The molecule has 0 atom stereocenters. The number of hydrogen-bond donors (Lipinski definition) is 1. The zero-order valence-electron chi connectivity index (χ0n) is 14.7. The quantitative estimate of drug-likeness (QED) is 0.656. The SMILES string of the molecule is COc1c(OCc2ccccc2)cc(CO)cc1OCc1ccccc1. The van der Waals surface area contributed by atoms with Crippen molar-refractivity contribution in [3.63, 3.8) is 0 Å². The van der Waals surface area contributed by atoms with Crippen molar-refractivity contribution >= 4 is 0 Å². The van der Waals surface area contributed by atoms with Gasteiger partial charge in [0.1, 0.15) is 13.2 Å². The third kappa shape index (κ3) is 4.55. The molecule has 3 aromatic rings. The number of aliphatic hydroxyl groups excluding tert-OH is 1. The molecular formula is C22H22O4. The normalized spacial score (nSPS) is 10.4. The molecule has 0 aliphatic rings. The minimum absolute atomic E-state index is 0.104. The molecule has 1 N–H and O–H groups in total. The maximum Gasteiger partial charge on any atom is 0.203 e. The predicted octanol–water partition coefficient (Wildman–Crippen LogP) is 4.35. The fourth-order valence-electron chi connectivity index (χ4n) is 2.61. The Morgan fingerprint density at radius 3 is 1.54 bits per heavy atom. The summed E-state index contributed by atoms with van der Waals surface area (Å²) < 4.78 is 17.4. The first kappa shape index (κ1) is 17.8. The fourth-order valence-corrected chi connectivity index (χ4v) is 2.61. The number of benzene rings is 3. The predicted molar refractivity (Wildman–Crippen MR) is 100 cm³/mol. The maximum absolute atomic E-state index is 9.57. The molecule has 0 unspecified atom stereocenters. The number of aliphatic hydroxyl groups is 1. The van der Waals surface area contributed by atoms with Crippen molar-refractivity contribution in [3.05, 3.63) is 89.5 Å². The van der Waals surface area contributed by atoms with E-state index in [0.29, 0.717) is 36.0 Å². The molecule has 134 valence electrons. The molecule has 0 saturated carbocycles. The van der Waals surface area contributed by atoms with Crippen LogP contribution < -0.4 is 14.2 Å². The zero-order valence-corrected chi connectivity index (χ0v) is 14.7. The summed E-state index contributed by atoms with van der Waals surface area (Å²) in [4.78, 5) is 0. The number of methoxy groups -OCH3 is 1. The monoisotopic (exact) mass is 350 g/mol. The fraction of sp³-hybridized carbons (Fsp3) is 0.182. The molecule has 0 aromatic heterocycles. The molecule has 0 bridgehead atoms. The van der Waals surface area contributed by atoms with E-state index in [0.717, 1.165) is 11.1 Å². The summed E-state index contributed by atoms with van der Waals surface area (Å²) >= 11 is 0. The van der Waals surface area contributed by atoms with Crippen LogP contribution in [0.25, 0.3) is 0 Å². The highest BCUT2D eigenvalue weighted by atomic mass is 16.5. The molecule has 0 heterocycles. The lowest BCUT2D eigenvalue weighted by Gasteiger charge is -2.17. The largest absolute Gasteiger partial charge is 0.490 e. The molecule has 0 spiro atoms. The summed E-state index contributed by atoms with van der Waals surface area (Å²) in [5, 5.41) is 9.57. The van der Waals surface area contributed by atoms with Gasteiger partial charge in [0, 0.05) is 0 Å². The van der Waals surface area contributed by atoms with Crippen LogP contribution in [0, 0.1) is 0 Å². The smallest absolute Gasteiger partial charge is 0.203 e. The third-order valence-corrected chi connectivity index (χ3v) is 3.94. The van der Waals surface area contributed by atoms with Gasteiger partial charge in [-0.1, -0.05) is 60.7 Å². The average molecular weight is 350 g/mol. The average Bonchev–Trinajstić information content (AvgIpc) is 2.71. The van der Waals surface area contributed by atoms with Gasteiger partial charge in [-0.2, -0.15) is 0 Å². The molecule has 4 heteroatoms. The van der Waals surface area contributed by atoms with Crippen molar-refractivity contribution in [1.82, 2.24) is 0 Å². The molecule has 0 saturated heterocycles. The van der Waals surface area contributed by atoms with E-state index in [1.54, 1.807) is 19.2 Å². The van der Waals surface area contributed by atoms with Crippen LogP contribution in [0.5, 0.6) is 17.2 Å². The zero-order chi connectivity index (χ0) is 18.2. The van der Waals surface area contributed by atoms with E-state index in [-0.39, 0.29) is 6.61 Å². The molecule has 0 fully saturated rings. The van der Waals surface area contributed by atoms with Crippen LogP contribution in [0.2, 0.25) is 0 Å². The van der Waals surface area contributed by atoms with Gasteiger partial charge in [-0.15, -0.1) is 0 Å². The van der Waals surface area contributed by atoms with Gasteiger partial charge in [-0.3, -0.25) is 0 Å². The van der Waals surface area contributed by atoms with E-state index in [4.69, 9.17) is 14.2 Å². The topological polar surface area (TPSA) is 47.9 Å². The van der Waals surface area contributed by atoms with E-state index in [1.807, 2.05) is 60.7 Å². The molecule has 26 heavy (non-hydrogen) atoms. The molecule has 0 aliphatic carbocycles. The summed E-state index contributed by atoms with van der Waals surface area (Å²) in [6, 6.07) is 23.3. The second-order valence-corrected chi connectivity index (χ2v) is 5.83. The van der Waals surface area contributed by atoms with Crippen LogP contribution in [-0.4, -0.2) is 12.2 Å². The highest BCUT2D eigenvalue weighted by Crippen LogP contribution is 2.39. The molecular weight excluding hydrogens is 328 g/mol. The van der Waals surface area contributed by atoms with Crippen LogP contribution in [0.1, 0.15) is 16.7 Å². The molecule has 0 aliphatic heterocycles. The minimum atomic E-state index is -0.104. The standard InChI is InChI=1S/C22H22O4/c1-24-22-20(25-15-17-8-4-2-5-9-17)12-19(14-23)13-21(22)26-16-18-10-6-3-7-11-18/h2-13,23H,14-16H2,1H3. The van der Waals surface area contributed by atoms with Gasteiger partial charge in [0.15, 0.2) is 11.5 Å². The Labute approximate surface area is 153 Å². The molecule has 4 nitrogen and oxygen atoms in total. The first-order valence-electron chi connectivity index (χ1n) is 8.45. The van der Waals surface area contributed by atoms with Gasteiger partial charge in [0.25, 0.3) is 0 Å². The second-order valence-electron chi connectivity index (χ2n) is 5.83. The van der Waals surface area contributed by atoms with Gasteiger partial charge < -0.3 is 19.3 Å². The van der Waals surface area contributed by atoms with Crippen molar-refractivity contribution in [3.8, 4) is 17.2 Å². The molecule has 0 radical (unpaired) electrons. The van der Waals surface area contributed by atoms with E-state index >= 15 is 0 Å². The van der Waals surface area contributed by atoms with Crippen molar-refractivity contribution < 1.29 is 19.3 Å². The van der Waals surface area contributed by atoms with Crippen molar-refractivity contribution in [2.45, 2.75) is 19.8 Å². The Morgan fingerprint density at radius 1 is 0.692 bits per heavy atom. The summed E-state index contributed by atoms with van der Waals surface area (Å²) in [6.07, 6.45) is 0. The lowest BCUT2D eigenvalue weighted by atomic mass is 10.2. The third-order valence-electron chi connectivity index (χ3n) is 3.94. The summed E-state index contributed by atoms with van der Waals surface area (Å²) in [5.41, 5.74) is 2.81. The maximum atomic E-state index is 9.57. The van der Waals surface area contributed by atoms with E-state index in [1.165, 1.54) is 0 Å². The Morgan fingerprint density at radius 2 is 1.15 bits per heavy atom. The van der Waals surface area contributed by atoms with Crippen molar-refractivity contribution in [1.29, 1.82) is 0 Å². The Bertz CT molecular complexity index is 752. The summed E-state index contributed by atoms with van der Waals surface area (Å²) in [5.74, 6) is 1.62. The van der Waals surface area contributed by atoms with Gasteiger partial charge >= 0.3 is 0 Å². The summed E-state index contributed by atoms with van der Waals surface area (Å²) in [7, 11) is 1.58. The number of rotatable bonds is 8. The van der Waals surface area contributed by atoms with Crippen LogP contribution in [0.4, 0.5) is 0 Å². The Kier molecular flexibility index (Phi) is 6.12. The van der Waals surface area contributed by atoms with E-state index in [2.05, 4.69) is 0 Å². The highest BCUT2D eigenvalue weighted by Gasteiger charge is 2.15. The van der Waals surface area contributed by atoms with Crippen molar-refractivity contribution in [2.75, 3.05) is 7.11 Å². The van der Waals surface area contributed by atoms with Crippen molar-refractivity contribution in [2.24, 2.45) is 0 Å². The lowest BCUT2D eigenvalue weighted by Crippen LogP contribution is -2.03. The second kappa shape index (κ2) is 8.92. The van der Waals surface area contributed by atoms with Crippen LogP contribution in [0.15, 0.2) is 72.8 Å². The minimum Gasteiger partial charge on any atom is -0.490 e. The molecule has 3 aromatic carbocycles. The van der Waals surface area contributed by atoms with Gasteiger partial charge in [0.05, 0.1) is 13.7 Å². The molecule has 0 amide bonds. The van der Waals surface area contributed by atoms with Crippen LogP contribution >= 0.6 is 0 Å².